The van der Waals surface area contributed by atoms with Gasteiger partial charge in [0, 0.05) is 15.6 Å². The first-order chi connectivity index (χ1) is 10.0. The van der Waals surface area contributed by atoms with E-state index in [1.807, 2.05) is 10.6 Å². The molecule has 0 bridgehead atoms. The van der Waals surface area contributed by atoms with Crippen molar-refractivity contribution < 1.29 is 4.39 Å². The molecule has 3 aromatic rings. The Hall–Kier alpha value is -1.10. The van der Waals surface area contributed by atoms with Crippen molar-refractivity contribution in [3.63, 3.8) is 0 Å². The molecule has 0 aliphatic rings. The molecule has 2 nitrogen and oxygen atoms in total. The van der Waals surface area contributed by atoms with E-state index < -0.39 is 0 Å². The molecule has 0 atom stereocenters. The van der Waals surface area contributed by atoms with Crippen molar-refractivity contribution in [2.45, 2.75) is 12.8 Å². The molecule has 0 radical (unpaired) electrons. The Kier molecular flexibility index (Phi) is 3.95. The smallest absolute Gasteiger partial charge is 0.129 e. The van der Waals surface area contributed by atoms with Gasteiger partial charge in [0.2, 0.25) is 0 Å². The topological polar surface area (TPSA) is 17.8 Å². The molecule has 0 aliphatic carbocycles. The molecule has 0 saturated heterocycles. The van der Waals surface area contributed by atoms with Crippen molar-refractivity contribution in [3.05, 3.63) is 57.0 Å². The summed E-state index contributed by atoms with van der Waals surface area (Å²) < 4.78 is 16.5. The quantitative estimate of drug-likeness (QED) is 0.521. The van der Waals surface area contributed by atoms with Gasteiger partial charge in [-0.3, -0.25) is 4.57 Å². The van der Waals surface area contributed by atoms with Gasteiger partial charge in [0.05, 0.1) is 22.6 Å². The predicted molar refractivity (Wildman–Crippen MR) is 88.0 cm³/mol. The van der Waals surface area contributed by atoms with Gasteiger partial charge in [-0.05, 0) is 52.7 Å². The summed E-state index contributed by atoms with van der Waals surface area (Å²) in [6.07, 6.45) is 0. The van der Waals surface area contributed by atoms with Gasteiger partial charge in [0.25, 0.3) is 0 Å². The third-order valence-electron chi connectivity index (χ3n) is 3.27. The first-order valence-corrected chi connectivity index (χ1v) is 7.90. The second-order valence-corrected chi connectivity index (χ2v) is 6.24. The maximum Gasteiger partial charge on any atom is 0.129 e. The zero-order chi connectivity index (χ0) is 15.1. The lowest BCUT2D eigenvalue weighted by molar-refractivity contribution is 0.620. The summed E-state index contributed by atoms with van der Waals surface area (Å²) in [4.78, 5) is 4.41. The maximum atomic E-state index is 13.7. The van der Waals surface area contributed by atoms with Gasteiger partial charge in [-0.2, -0.15) is 0 Å². The highest BCUT2D eigenvalue weighted by molar-refractivity contribution is 9.10. The number of hydrogen-bond acceptors (Lipinski definition) is 1. The molecule has 1 heterocycles. The number of halogens is 4. The van der Waals surface area contributed by atoms with Crippen LogP contribution in [0.25, 0.3) is 16.7 Å². The van der Waals surface area contributed by atoms with E-state index in [1.54, 1.807) is 25.1 Å². The van der Waals surface area contributed by atoms with E-state index in [-0.39, 0.29) is 11.7 Å². The van der Waals surface area contributed by atoms with E-state index in [0.29, 0.717) is 21.9 Å². The van der Waals surface area contributed by atoms with E-state index in [0.717, 1.165) is 15.7 Å². The number of nitrogens with zero attached hydrogens (tertiary/aromatic N) is 2. The van der Waals surface area contributed by atoms with Crippen LogP contribution in [0.5, 0.6) is 0 Å². The van der Waals surface area contributed by atoms with Crippen molar-refractivity contribution in [1.29, 1.82) is 0 Å². The number of imidazole rings is 1. The van der Waals surface area contributed by atoms with Crippen LogP contribution in [0.3, 0.4) is 0 Å². The molecule has 1 aromatic heterocycles. The summed E-state index contributed by atoms with van der Waals surface area (Å²) in [5, 5.41) is 0.629. The molecule has 3 rings (SSSR count). The Bertz CT molecular complexity index is 845. The number of aryl methyl sites for hydroxylation is 1. The molecule has 2 aromatic carbocycles. The average Bonchev–Trinajstić information content (AvgIpc) is 2.77. The first kappa shape index (κ1) is 14.8. The third-order valence-corrected chi connectivity index (χ3v) is 4.38. The summed E-state index contributed by atoms with van der Waals surface area (Å²) >= 11 is 15.5. The van der Waals surface area contributed by atoms with Crippen molar-refractivity contribution in [1.82, 2.24) is 9.55 Å². The minimum absolute atomic E-state index is 0.227. The summed E-state index contributed by atoms with van der Waals surface area (Å²) in [5.41, 5.74) is 2.82. The van der Waals surface area contributed by atoms with Crippen molar-refractivity contribution >= 4 is 50.2 Å². The lowest BCUT2D eigenvalue weighted by Gasteiger charge is -2.11. The summed E-state index contributed by atoms with van der Waals surface area (Å²) in [5.74, 6) is 0.605. The number of benzene rings is 2. The van der Waals surface area contributed by atoms with Crippen molar-refractivity contribution in [2.75, 3.05) is 0 Å². The Labute approximate surface area is 139 Å². The fourth-order valence-corrected chi connectivity index (χ4v) is 3.31. The summed E-state index contributed by atoms with van der Waals surface area (Å²) in [6, 6.07) is 8.68. The largest absolute Gasteiger partial charge is 0.294 e. The van der Waals surface area contributed by atoms with Gasteiger partial charge < -0.3 is 0 Å². The number of hydrogen-bond donors (Lipinski definition) is 0. The highest BCUT2D eigenvalue weighted by Crippen LogP contribution is 2.31. The Balaban J connectivity index is 2.37. The average molecular weight is 388 g/mol. The summed E-state index contributed by atoms with van der Waals surface area (Å²) in [7, 11) is 0. The van der Waals surface area contributed by atoms with Gasteiger partial charge in [-0.15, -0.1) is 11.6 Å². The zero-order valence-electron chi connectivity index (χ0n) is 11.0. The molecule has 0 aliphatic heterocycles. The van der Waals surface area contributed by atoms with E-state index in [1.165, 1.54) is 6.07 Å². The minimum atomic E-state index is -0.275. The standard InChI is InChI=1S/C15H10BrCl2FN2/c1-8-4-14-12(6-11(8)19)20-15(7-17)21(14)13-3-2-9(18)5-10(13)16/h2-6H,7H2,1H3. The van der Waals surface area contributed by atoms with Crippen LogP contribution >= 0.6 is 39.1 Å². The molecular formula is C15H10BrCl2FN2. The molecule has 108 valence electrons. The number of rotatable bonds is 2. The summed E-state index contributed by atoms with van der Waals surface area (Å²) in [6.45, 7) is 1.73. The molecule has 21 heavy (non-hydrogen) atoms. The zero-order valence-corrected chi connectivity index (χ0v) is 14.1. The molecule has 0 fully saturated rings. The molecule has 0 amide bonds. The molecule has 0 unspecified atom stereocenters. The fraction of sp³-hybridized carbons (Fsp3) is 0.133. The second kappa shape index (κ2) is 5.59. The van der Waals surface area contributed by atoms with Gasteiger partial charge in [0.1, 0.15) is 11.6 Å². The van der Waals surface area contributed by atoms with Crippen LogP contribution in [0.2, 0.25) is 5.02 Å². The number of aromatic nitrogens is 2. The van der Waals surface area contributed by atoms with E-state index >= 15 is 0 Å². The van der Waals surface area contributed by atoms with Crippen LogP contribution in [-0.4, -0.2) is 9.55 Å². The Morgan fingerprint density at radius 1 is 1.29 bits per heavy atom. The van der Waals surface area contributed by atoms with Crippen LogP contribution in [-0.2, 0) is 5.88 Å². The first-order valence-electron chi connectivity index (χ1n) is 6.20. The lowest BCUT2D eigenvalue weighted by atomic mass is 10.2. The van der Waals surface area contributed by atoms with Crippen LogP contribution in [0.4, 0.5) is 4.39 Å². The van der Waals surface area contributed by atoms with Gasteiger partial charge in [-0.1, -0.05) is 11.6 Å². The lowest BCUT2D eigenvalue weighted by Crippen LogP contribution is -2.00. The van der Waals surface area contributed by atoms with Crippen molar-refractivity contribution in [2.24, 2.45) is 0 Å². The fourth-order valence-electron chi connectivity index (χ4n) is 2.27. The van der Waals surface area contributed by atoms with Gasteiger partial charge in [0.15, 0.2) is 0 Å². The second-order valence-electron chi connectivity index (χ2n) is 4.68. The van der Waals surface area contributed by atoms with Crippen LogP contribution in [0, 0.1) is 12.7 Å². The Morgan fingerprint density at radius 2 is 2.05 bits per heavy atom. The van der Waals surface area contributed by atoms with E-state index in [4.69, 9.17) is 23.2 Å². The highest BCUT2D eigenvalue weighted by Gasteiger charge is 2.15. The molecular weight excluding hydrogens is 378 g/mol. The van der Waals surface area contributed by atoms with Crippen LogP contribution in [0.1, 0.15) is 11.4 Å². The predicted octanol–water partition coefficient (Wildman–Crippen LogP) is 5.63. The van der Waals surface area contributed by atoms with E-state index in [9.17, 15) is 4.39 Å². The van der Waals surface area contributed by atoms with Gasteiger partial charge in [-0.25, -0.2) is 9.37 Å². The van der Waals surface area contributed by atoms with E-state index in [2.05, 4.69) is 20.9 Å². The maximum absolute atomic E-state index is 13.7. The molecule has 6 heteroatoms. The normalized spacial score (nSPS) is 11.3. The third kappa shape index (κ3) is 2.56. The SMILES string of the molecule is Cc1cc2c(cc1F)nc(CCl)n2-c1ccc(Cl)cc1Br. The molecule has 0 spiro atoms. The molecule has 0 N–H and O–H groups in total. The Morgan fingerprint density at radius 3 is 2.71 bits per heavy atom. The van der Waals surface area contributed by atoms with Gasteiger partial charge >= 0.3 is 0 Å². The highest BCUT2D eigenvalue weighted by atomic mass is 79.9. The monoisotopic (exact) mass is 386 g/mol. The van der Waals surface area contributed by atoms with Crippen LogP contribution < -0.4 is 0 Å². The van der Waals surface area contributed by atoms with Crippen molar-refractivity contribution in [3.8, 4) is 5.69 Å². The molecule has 0 saturated carbocycles. The minimum Gasteiger partial charge on any atom is -0.294 e. The number of alkyl halides is 1. The number of fused-ring (bicyclic) bond motifs is 1. The van der Waals surface area contributed by atoms with Crippen LogP contribution in [0.15, 0.2) is 34.8 Å².